The van der Waals surface area contributed by atoms with E-state index in [4.69, 9.17) is 0 Å². The molecule has 0 bridgehead atoms. The Morgan fingerprint density at radius 3 is 2.40 bits per heavy atom. The number of nitrogens with one attached hydrogen (secondary N) is 1. The molecule has 3 aromatic rings. The first kappa shape index (κ1) is 23.7. The van der Waals surface area contributed by atoms with Crippen LogP contribution in [-0.4, -0.2) is 33.5 Å². The van der Waals surface area contributed by atoms with Gasteiger partial charge in [0.05, 0.1) is 23.0 Å². The number of rotatable bonds is 6. The first-order valence-electron chi connectivity index (χ1n) is 11.1. The van der Waals surface area contributed by atoms with Gasteiger partial charge in [-0.15, -0.1) is 0 Å². The summed E-state index contributed by atoms with van der Waals surface area (Å²) >= 11 is 0. The molecule has 0 spiro atoms. The molecule has 3 aromatic carbocycles. The lowest BCUT2D eigenvalue weighted by Gasteiger charge is -2.13. The highest BCUT2D eigenvalue weighted by atomic mass is 16.4. The van der Waals surface area contributed by atoms with Gasteiger partial charge in [0.25, 0.3) is 0 Å². The molecule has 0 aliphatic carbocycles. The number of hydrogen-bond acceptors (Lipinski definition) is 6. The minimum Gasteiger partial charge on any atom is -0.505 e. The molecule has 1 aliphatic rings. The van der Waals surface area contributed by atoms with Crippen molar-refractivity contribution in [2.45, 2.75) is 33.6 Å². The Labute approximate surface area is 203 Å². The Morgan fingerprint density at radius 1 is 1.03 bits per heavy atom. The largest absolute Gasteiger partial charge is 0.505 e. The molecule has 0 saturated heterocycles. The summed E-state index contributed by atoms with van der Waals surface area (Å²) in [6, 6.07) is 17.8. The summed E-state index contributed by atoms with van der Waals surface area (Å²) in [4.78, 5) is 24.2. The number of phenols is 1. The van der Waals surface area contributed by atoms with Gasteiger partial charge in [-0.05, 0) is 68.1 Å². The fourth-order valence-corrected chi connectivity index (χ4v) is 3.74. The maximum atomic E-state index is 13.0. The number of hydrogen-bond donors (Lipinski definition) is 3. The smallest absolute Gasteiger partial charge is 0.310 e. The summed E-state index contributed by atoms with van der Waals surface area (Å²) in [7, 11) is 0. The van der Waals surface area contributed by atoms with Crippen LogP contribution in [-0.2, 0) is 9.59 Å². The van der Waals surface area contributed by atoms with Crippen molar-refractivity contribution in [3.63, 3.8) is 0 Å². The average molecular weight is 471 g/mol. The van der Waals surface area contributed by atoms with Gasteiger partial charge in [-0.2, -0.15) is 15.2 Å². The van der Waals surface area contributed by atoms with Gasteiger partial charge in [-0.25, -0.2) is 0 Å². The average Bonchev–Trinajstić information content (AvgIpc) is 3.13. The van der Waals surface area contributed by atoms with Crippen LogP contribution in [0.25, 0.3) is 11.1 Å². The van der Waals surface area contributed by atoms with E-state index in [0.29, 0.717) is 28.2 Å². The predicted octanol–water partition coefficient (Wildman–Crippen LogP) is 5.05. The van der Waals surface area contributed by atoms with Gasteiger partial charge in [0.15, 0.2) is 5.71 Å². The number of benzene rings is 3. The molecule has 0 radical (unpaired) electrons. The van der Waals surface area contributed by atoms with Gasteiger partial charge in [0.1, 0.15) is 5.75 Å². The molecular weight excluding hydrogens is 444 g/mol. The zero-order valence-electron chi connectivity index (χ0n) is 19.9. The standard InChI is InChI=1S/C27H26N4O4/c1-15-8-13-21(14-16(15)2)31-26(33)24(18(4)30-31)29-28-23-7-5-6-22(25(23)32)20-11-9-19(10-12-20)17(3)27(34)35/h5-14,17,28,32H,1-4H3,(H,34,35)/t17-/m1/s1. The highest BCUT2D eigenvalue weighted by molar-refractivity contribution is 6.71. The van der Waals surface area contributed by atoms with Crippen LogP contribution in [0.1, 0.15) is 36.5 Å². The molecule has 4 rings (SSSR count). The van der Waals surface area contributed by atoms with Crippen LogP contribution < -0.4 is 10.4 Å². The van der Waals surface area contributed by atoms with Gasteiger partial charge in [0, 0.05) is 5.56 Å². The number of carboxylic acids is 1. The van der Waals surface area contributed by atoms with Gasteiger partial charge >= 0.3 is 11.9 Å². The molecule has 1 atom stereocenters. The third kappa shape index (κ3) is 4.63. The second-order valence-electron chi connectivity index (χ2n) is 8.53. The molecular formula is C27H26N4O4. The molecule has 178 valence electrons. The van der Waals surface area contributed by atoms with E-state index in [-0.39, 0.29) is 17.4 Å². The van der Waals surface area contributed by atoms with Gasteiger partial charge in [-0.3, -0.25) is 15.0 Å². The van der Waals surface area contributed by atoms with Crippen LogP contribution in [0.2, 0.25) is 0 Å². The van der Waals surface area contributed by atoms with Crippen molar-refractivity contribution >= 4 is 34.7 Å². The molecule has 1 amide bonds. The first-order chi connectivity index (χ1) is 16.7. The summed E-state index contributed by atoms with van der Waals surface area (Å²) in [5, 5.41) is 30.0. The van der Waals surface area contributed by atoms with Gasteiger partial charge in [0.2, 0.25) is 0 Å². The van der Waals surface area contributed by atoms with Crippen molar-refractivity contribution in [1.29, 1.82) is 0 Å². The summed E-state index contributed by atoms with van der Waals surface area (Å²) in [5.74, 6) is -1.93. The third-order valence-corrected chi connectivity index (χ3v) is 6.14. The van der Waals surface area contributed by atoms with Gasteiger partial charge in [-0.1, -0.05) is 42.5 Å². The van der Waals surface area contributed by atoms with Crippen LogP contribution in [0, 0.1) is 13.8 Å². The van der Waals surface area contributed by atoms with E-state index in [0.717, 1.165) is 16.7 Å². The Hall–Kier alpha value is -4.46. The third-order valence-electron chi connectivity index (χ3n) is 6.14. The number of phenolic OH excluding ortho intramolecular Hbond substituents is 1. The normalized spacial score (nSPS) is 15.3. The number of amides is 1. The highest BCUT2D eigenvalue weighted by Crippen LogP contribution is 2.36. The van der Waals surface area contributed by atoms with Crippen LogP contribution in [0.5, 0.6) is 5.75 Å². The lowest BCUT2D eigenvalue weighted by molar-refractivity contribution is -0.138. The van der Waals surface area contributed by atoms with E-state index in [1.54, 1.807) is 56.3 Å². The van der Waals surface area contributed by atoms with Crippen molar-refractivity contribution in [2.75, 3.05) is 10.4 Å². The van der Waals surface area contributed by atoms with Crippen LogP contribution in [0.4, 0.5) is 11.4 Å². The molecule has 0 saturated carbocycles. The number of hydrazone groups is 2. The highest BCUT2D eigenvalue weighted by Gasteiger charge is 2.31. The van der Waals surface area contributed by atoms with E-state index in [9.17, 15) is 19.8 Å². The van der Waals surface area contributed by atoms with E-state index in [1.807, 2.05) is 32.0 Å². The molecule has 8 nitrogen and oxygen atoms in total. The summed E-state index contributed by atoms with van der Waals surface area (Å²) in [6.07, 6.45) is 0. The lowest BCUT2D eigenvalue weighted by Crippen LogP contribution is -2.28. The Kier molecular flexibility index (Phi) is 6.38. The molecule has 1 heterocycles. The van der Waals surface area contributed by atoms with Crippen LogP contribution in [0.15, 0.2) is 70.9 Å². The SMILES string of the molecule is CC1=NN(c2ccc(C)c(C)c2)C(=O)C1=NNc1cccc(-c2ccc([C@@H](C)C(=O)O)cc2)c1O. The second kappa shape index (κ2) is 9.42. The Balaban J connectivity index is 1.56. The van der Waals surface area contributed by atoms with E-state index < -0.39 is 11.9 Å². The van der Waals surface area contributed by atoms with Crippen molar-refractivity contribution in [1.82, 2.24) is 0 Å². The van der Waals surface area contributed by atoms with Crippen molar-refractivity contribution in [2.24, 2.45) is 10.2 Å². The van der Waals surface area contributed by atoms with Gasteiger partial charge < -0.3 is 10.2 Å². The number of anilines is 2. The van der Waals surface area contributed by atoms with Crippen molar-refractivity contribution < 1.29 is 19.8 Å². The zero-order chi connectivity index (χ0) is 25.3. The molecule has 0 unspecified atom stereocenters. The number of aryl methyl sites for hydroxylation is 2. The minimum absolute atomic E-state index is 0.0399. The first-order valence-corrected chi connectivity index (χ1v) is 11.1. The lowest BCUT2D eigenvalue weighted by atomic mass is 9.97. The molecule has 35 heavy (non-hydrogen) atoms. The number of nitrogens with zero attached hydrogens (tertiary/aromatic N) is 3. The molecule has 0 fully saturated rings. The zero-order valence-corrected chi connectivity index (χ0v) is 19.9. The predicted molar refractivity (Wildman–Crippen MR) is 137 cm³/mol. The maximum absolute atomic E-state index is 13.0. The number of carbonyl (C=O) groups excluding carboxylic acids is 1. The number of carboxylic acid groups (broad SMARTS) is 1. The Bertz CT molecular complexity index is 1380. The van der Waals surface area contributed by atoms with E-state index in [1.165, 1.54) is 5.01 Å². The van der Waals surface area contributed by atoms with Crippen molar-refractivity contribution in [3.8, 4) is 16.9 Å². The molecule has 1 aliphatic heterocycles. The minimum atomic E-state index is -0.901. The summed E-state index contributed by atoms with van der Waals surface area (Å²) in [5.41, 5.74) is 8.50. The summed E-state index contributed by atoms with van der Waals surface area (Å²) < 4.78 is 0. The number of aromatic hydroxyl groups is 1. The Morgan fingerprint density at radius 2 is 1.74 bits per heavy atom. The van der Waals surface area contributed by atoms with Crippen LogP contribution in [0.3, 0.4) is 0 Å². The molecule has 8 heteroatoms. The molecule has 3 N–H and O–H groups in total. The van der Waals surface area contributed by atoms with E-state index >= 15 is 0 Å². The monoisotopic (exact) mass is 470 g/mol. The summed E-state index contributed by atoms with van der Waals surface area (Å²) in [6.45, 7) is 7.30. The van der Waals surface area contributed by atoms with Crippen LogP contribution >= 0.6 is 0 Å². The number of carbonyl (C=O) groups is 2. The fraction of sp³-hybridized carbons (Fsp3) is 0.185. The molecule has 0 aromatic heterocycles. The quantitative estimate of drug-likeness (QED) is 0.344. The van der Waals surface area contributed by atoms with Crippen molar-refractivity contribution in [3.05, 3.63) is 77.4 Å². The van der Waals surface area contributed by atoms with E-state index in [2.05, 4.69) is 15.6 Å². The maximum Gasteiger partial charge on any atom is 0.310 e. The second-order valence-corrected chi connectivity index (χ2v) is 8.53. The fourth-order valence-electron chi connectivity index (χ4n) is 3.74. The number of para-hydroxylation sites is 1. The topological polar surface area (TPSA) is 115 Å². The number of aliphatic carboxylic acids is 1.